The van der Waals surface area contributed by atoms with Crippen LogP contribution in [0, 0.1) is 18.6 Å². The average Bonchev–Trinajstić information content (AvgIpc) is 3.43. The number of ether oxygens (including phenoxy) is 1. The van der Waals surface area contributed by atoms with E-state index in [0.717, 1.165) is 18.7 Å². The maximum absolute atomic E-state index is 14.8. The minimum Gasteiger partial charge on any atom is -0.457 e. The van der Waals surface area contributed by atoms with E-state index in [-0.39, 0.29) is 35.8 Å². The smallest absolute Gasteiger partial charge is 0.255 e. The van der Waals surface area contributed by atoms with Gasteiger partial charge in [-0.3, -0.25) is 14.6 Å². The number of hydrogen-bond acceptors (Lipinski definition) is 5. The average molecular weight is 531 g/mol. The molecule has 4 aromatic rings. The van der Waals surface area contributed by atoms with Gasteiger partial charge in [0.05, 0.1) is 17.0 Å². The molecule has 200 valence electrons. The van der Waals surface area contributed by atoms with Crippen LogP contribution in [0.3, 0.4) is 0 Å². The van der Waals surface area contributed by atoms with Crippen molar-refractivity contribution >= 4 is 11.7 Å². The van der Waals surface area contributed by atoms with E-state index in [2.05, 4.69) is 15.3 Å². The number of H-pyrrole nitrogens is 1. The maximum atomic E-state index is 14.8. The number of hydrogen-bond donors (Lipinski definition) is 2. The molecule has 0 atom stereocenters. The first-order chi connectivity index (χ1) is 18.9. The van der Waals surface area contributed by atoms with E-state index in [1.165, 1.54) is 18.2 Å². The van der Waals surface area contributed by atoms with Crippen molar-refractivity contribution in [3.8, 4) is 22.9 Å². The Labute approximate surface area is 224 Å². The third-order valence-corrected chi connectivity index (χ3v) is 6.58. The summed E-state index contributed by atoms with van der Waals surface area (Å²) in [6.07, 6.45) is 2.97. The number of piperazine rings is 1. The number of nitrogens with zero attached hydrogens (tertiary/aromatic N) is 2. The van der Waals surface area contributed by atoms with Crippen molar-refractivity contribution in [2.24, 2.45) is 0 Å². The van der Waals surface area contributed by atoms with Gasteiger partial charge in [0.1, 0.15) is 28.9 Å². The molecule has 1 saturated heterocycles. The Kier molecular flexibility index (Phi) is 7.79. The largest absolute Gasteiger partial charge is 0.457 e. The summed E-state index contributed by atoms with van der Waals surface area (Å²) in [5, 5.41) is 3.23. The second-order valence-corrected chi connectivity index (χ2v) is 9.56. The summed E-state index contributed by atoms with van der Waals surface area (Å²) in [5.41, 5.74) is 3.14. The van der Waals surface area contributed by atoms with Crippen LogP contribution < -0.4 is 10.1 Å². The number of halogens is 2. The van der Waals surface area contributed by atoms with Gasteiger partial charge in [-0.1, -0.05) is 23.8 Å². The zero-order valence-electron chi connectivity index (χ0n) is 21.5. The van der Waals surface area contributed by atoms with Crippen LogP contribution in [0.15, 0.2) is 67.0 Å². The molecule has 1 amide bonds. The Hall–Kier alpha value is -4.37. The standard InChI is InChI=1S/C30H28F2N4O3/c1-19-2-5-26(31)21(12-19)14-23(37)13-20-3-4-24(16-27(20)32)39-25-6-7-34-29(17-25)28-15-22(18-35-28)30(38)36-10-8-33-9-11-36/h2-7,12,15-18,33,35H,8-11,13-14H2,1H3. The number of nitrogens with one attached hydrogen (secondary N) is 2. The second kappa shape index (κ2) is 11.6. The van der Waals surface area contributed by atoms with Crippen molar-refractivity contribution in [3.63, 3.8) is 0 Å². The number of pyridine rings is 1. The fourth-order valence-electron chi connectivity index (χ4n) is 4.54. The molecular weight excluding hydrogens is 502 g/mol. The first-order valence-corrected chi connectivity index (χ1v) is 12.7. The van der Waals surface area contributed by atoms with Crippen LogP contribution in [0.1, 0.15) is 27.0 Å². The Balaban J connectivity index is 1.24. The van der Waals surface area contributed by atoms with Gasteiger partial charge in [-0.2, -0.15) is 0 Å². The number of rotatable bonds is 8. The molecule has 0 radical (unpaired) electrons. The number of Topliss-reactive ketones (excluding diaryl/α,β-unsaturated/α-hetero) is 1. The molecule has 2 aromatic carbocycles. The Bertz CT molecular complexity index is 1510. The molecule has 1 aliphatic rings. The predicted octanol–water partition coefficient (Wildman–Crippen LogP) is 4.86. The zero-order chi connectivity index (χ0) is 27.4. The quantitative estimate of drug-likeness (QED) is 0.340. The summed E-state index contributed by atoms with van der Waals surface area (Å²) >= 11 is 0. The van der Waals surface area contributed by atoms with Crippen LogP contribution >= 0.6 is 0 Å². The SMILES string of the molecule is Cc1ccc(F)c(CC(=O)Cc2ccc(Oc3ccnc(-c4cc(C(=O)N5CCNCC5)c[nH]4)c3)cc2F)c1. The number of aromatic amines is 1. The minimum atomic E-state index is -0.583. The van der Waals surface area contributed by atoms with Gasteiger partial charge in [-0.15, -0.1) is 0 Å². The molecule has 0 bridgehead atoms. The highest BCUT2D eigenvalue weighted by Crippen LogP contribution is 2.27. The van der Waals surface area contributed by atoms with E-state index in [1.54, 1.807) is 48.8 Å². The van der Waals surface area contributed by atoms with Gasteiger partial charge in [0, 0.05) is 63.5 Å². The van der Waals surface area contributed by atoms with Gasteiger partial charge in [-0.05, 0) is 42.3 Å². The third-order valence-electron chi connectivity index (χ3n) is 6.58. The number of amides is 1. The Morgan fingerprint density at radius 2 is 1.69 bits per heavy atom. The van der Waals surface area contributed by atoms with Crippen LogP contribution in [-0.2, 0) is 17.6 Å². The summed E-state index contributed by atoms with van der Waals surface area (Å²) < 4.78 is 34.6. The van der Waals surface area contributed by atoms with E-state index in [4.69, 9.17) is 4.74 Å². The van der Waals surface area contributed by atoms with Crippen molar-refractivity contribution in [1.29, 1.82) is 0 Å². The zero-order valence-corrected chi connectivity index (χ0v) is 21.5. The lowest BCUT2D eigenvalue weighted by molar-refractivity contribution is -0.117. The first-order valence-electron chi connectivity index (χ1n) is 12.7. The lowest BCUT2D eigenvalue weighted by Gasteiger charge is -2.27. The lowest BCUT2D eigenvalue weighted by Crippen LogP contribution is -2.46. The van der Waals surface area contributed by atoms with Crippen LogP contribution in [-0.4, -0.2) is 52.7 Å². The summed E-state index contributed by atoms with van der Waals surface area (Å²) in [7, 11) is 0. The van der Waals surface area contributed by atoms with E-state index < -0.39 is 11.6 Å². The highest BCUT2D eigenvalue weighted by Gasteiger charge is 2.20. The fourth-order valence-corrected chi connectivity index (χ4v) is 4.54. The van der Waals surface area contributed by atoms with Crippen LogP contribution in [0.2, 0.25) is 0 Å². The molecule has 2 N–H and O–H groups in total. The minimum absolute atomic E-state index is 0.0375. The maximum Gasteiger partial charge on any atom is 0.255 e. The molecule has 3 heterocycles. The number of ketones is 1. The number of aryl methyl sites for hydroxylation is 1. The molecule has 5 rings (SSSR count). The van der Waals surface area contributed by atoms with Gasteiger partial charge in [-0.25, -0.2) is 8.78 Å². The van der Waals surface area contributed by atoms with Gasteiger partial charge in [0.2, 0.25) is 0 Å². The molecule has 39 heavy (non-hydrogen) atoms. The molecule has 0 unspecified atom stereocenters. The summed E-state index contributed by atoms with van der Waals surface area (Å²) in [4.78, 5) is 34.5. The fraction of sp³-hybridized carbons (Fsp3) is 0.233. The molecule has 7 nitrogen and oxygen atoms in total. The van der Waals surface area contributed by atoms with Crippen molar-refractivity contribution in [2.75, 3.05) is 26.2 Å². The molecule has 9 heteroatoms. The van der Waals surface area contributed by atoms with Crippen LogP contribution in [0.5, 0.6) is 11.5 Å². The van der Waals surface area contributed by atoms with E-state index in [1.807, 2.05) is 11.8 Å². The van der Waals surface area contributed by atoms with E-state index in [9.17, 15) is 18.4 Å². The molecule has 1 aliphatic heterocycles. The van der Waals surface area contributed by atoms with Crippen LogP contribution in [0.25, 0.3) is 11.4 Å². The summed E-state index contributed by atoms with van der Waals surface area (Å²) in [6.45, 7) is 4.69. The van der Waals surface area contributed by atoms with Gasteiger partial charge < -0.3 is 19.9 Å². The summed E-state index contributed by atoms with van der Waals surface area (Å²) in [6, 6.07) is 14.0. The molecule has 0 aliphatic carbocycles. The molecule has 2 aromatic heterocycles. The predicted molar refractivity (Wildman–Crippen MR) is 143 cm³/mol. The Morgan fingerprint density at radius 3 is 2.49 bits per heavy atom. The normalized spacial score (nSPS) is 13.4. The van der Waals surface area contributed by atoms with Gasteiger partial charge >= 0.3 is 0 Å². The highest BCUT2D eigenvalue weighted by molar-refractivity contribution is 5.95. The lowest BCUT2D eigenvalue weighted by atomic mass is 10.0. The molecule has 1 fully saturated rings. The van der Waals surface area contributed by atoms with Crippen molar-refractivity contribution in [1.82, 2.24) is 20.2 Å². The topological polar surface area (TPSA) is 87.3 Å². The van der Waals surface area contributed by atoms with Crippen molar-refractivity contribution in [2.45, 2.75) is 19.8 Å². The monoisotopic (exact) mass is 530 g/mol. The first kappa shape index (κ1) is 26.2. The van der Waals surface area contributed by atoms with E-state index in [0.29, 0.717) is 41.4 Å². The van der Waals surface area contributed by atoms with Gasteiger partial charge in [0.15, 0.2) is 0 Å². The number of carbonyl (C=O) groups is 2. The van der Waals surface area contributed by atoms with Crippen molar-refractivity contribution < 1.29 is 23.1 Å². The van der Waals surface area contributed by atoms with Gasteiger partial charge in [0.25, 0.3) is 5.91 Å². The Morgan fingerprint density at radius 1 is 0.923 bits per heavy atom. The highest BCUT2D eigenvalue weighted by atomic mass is 19.1. The molecular formula is C30H28F2N4O3. The van der Waals surface area contributed by atoms with E-state index >= 15 is 0 Å². The number of aromatic nitrogens is 2. The number of benzene rings is 2. The second-order valence-electron chi connectivity index (χ2n) is 9.56. The third kappa shape index (κ3) is 6.38. The van der Waals surface area contributed by atoms with Crippen molar-refractivity contribution in [3.05, 3.63) is 101 Å². The molecule has 0 saturated carbocycles. The summed E-state index contributed by atoms with van der Waals surface area (Å²) in [5.74, 6) is -0.665. The van der Waals surface area contributed by atoms with Crippen LogP contribution in [0.4, 0.5) is 8.78 Å². The number of carbonyl (C=O) groups excluding carboxylic acids is 2. The molecule has 0 spiro atoms.